The zero-order valence-corrected chi connectivity index (χ0v) is 41.8. The zero-order chi connectivity index (χ0) is 47.9. The second-order valence-electron chi connectivity index (χ2n) is 17.0. The molecule has 0 aliphatic rings. The summed E-state index contributed by atoms with van der Waals surface area (Å²) in [6.07, 6.45) is 2.50. The maximum absolute atomic E-state index is 4.84. The summed E-state index contributed by atoms with van der Waals surface area (Å²) < 4.78 is 5.09. The fraction of sp³-hybridized carbons (Fsp3) is 0.172. The third-order valence-corrected chi connectivity index (χ3v) is 12.4. The third-order valence-electron chi connectivity index (χ3n) is 11.2. The first-order valence-corrected chi connectivity index (χ1v) is 24.4. The first-order valence-electron chi connectivity index (χ1n) is 23.6. The van der Waals surface area contributed by atoms with Gasteiger partial charge in [0, 0.05) is 42.3 Å². The Bertz CT molecular complexity index is 3220. The molecule has 0 aliphatic carbocycles. The van der Waals surface area contributed by atoms with Gasteiger partial charge in [-0.05, 0) is 110 Å². The number of nitrogens with zero attached hydrogens (tertiary/aromatic N) is 2. The lowest BCUT2D eigenvalue weighted by molar-refractivity contribution is 1.09. The van der Waals surface area contributed by atoms with E-state index in [0.717, 1.165) is 33.8 Å². The Labute approximate surface area is 404 Å². The van der Waals surface area contributed by atoms with Crippen molar-refractivity contribution < 1.29 is 0 Å². The Morgan fingerprint density at radius 1 is 0.493 bits per heavy atom. The molecule has 0 bridgehead atoms. The van der Waals surface area contributed by atoms with E-state index < -0.39 is 0 Å². The molecule has 10 rings (SSSR count). The van der Waals surface area contributed by atoms with Crippen LogP contribution in [0, 0.1) is 20.8 Å². The predicted molar refractivity (Wildman–Crippen MR) is 301 cm³/mol. The quantitative estimate of drug-likeness (QED) is 0.148. The summed E-state index contributed by atoms with van der Waals surface area (Å²) in [5.41, 5.74) is 16.2. The summed E-state index contributed by atoms with van der Waals surface area (Å²) in [5.74, 6) is 0. The van der Waals surface area contributed by atoms with Crippen LogP contribution >= 0.6 is 11.3 Å². The van der Waals surface area contributed by atoms with Crippen molar-refractivity contribution in [2.24, 2.45) is 4.99 Å². The number of aliphatic imine (C=N–C) groups is 1. The molecule has 338 valence electrons. The van der Waals surface area contributed by atoms with Crippen LogP contribution in [0.1, 0.15) is 87.8 Å². The van der Waals surface area contributed by atoms with E-state index in [0.29, 0.717) is 0 Å². The van der Waals surface area contributed by atoms with Gasteiger partial charge in [0.2, 0.25) is 0 Å². The van der Waals surface area contributed by atoms with E-state index in [1.807, 2.05) is 79.8 Å². The number of benzene rings is 8. The minimum Gasteiger partial charge on any atom is -0.309 e. The van der Waals surface area contributed by atoms with Crippen molar-refractivity contribution in [3.05, 3.63) is 235 Å². The van der Waals surface area contributed by atoms with Gasteiger partial charge in [-0.3, -0.25) is 4.99 Å². The summed E-state index contributed by atoms with van der Waals surface area (Å²) in [7, 11) is 0. The summed E-state index contributed by atoms with van der Waals surface area (Å²) >= 11 is 1.89. The molecule has 0 aliphatic heterocycles. The van der Waals surface area contributed by atoms with Crippen LogP contribution in [-0.2, 0) is 0 Å². The SMILES string of the molecule is C=C(C)c1ccccc1.C=C(N=C(C)c1ccccc1)c1ccc(-n2c3cc(C)c(-c4ccccc4C)cc3c3c4sc5ccccc5c4ccc32)cc1.CCC.CCC.Cc1ccccc1. The van der Waals surface area contributed by atoms with E-state index in [9.17, 15) is 0 Å². The Balaban J connectivity index is 0.000000278. The van der Waals surface area contributed by atoms with Crippen molar-refractivity contribution in [3.63, 3.8) is 0 Å². The molecule has 2 heterocycles. The largest absolute Gasteiger partial charge is 0.309 e. The van der Waals surface area contributed by atoms with Gasteiger partial charge in [0.15, 0.2) is 0 Å². The highest BCUT2D eigenvalue weighted by atomic mass is 32.1. The van der Waals surface area contributed by atoms with Crippen LogP contribution in [0.25, 0.3) is 70.1 Å². The molecule has 8 aromatic carbocycles. The van der Waals surface area contributed by atoms with E-state index in [2.05, 4.69) is 200 Å². The first-order chi connectivity index (χ1) is 32.5. The lowest BCUT2D eigenvalue weighted by atomic mass is 9.94. The van der Waals surface area contributed by atoms with Crippen LogP contribution < -0.4 is 0 Å². The number of aromatic nitrogens is 1. The molecule has 10 aromatic rings. The van der Waals surface area contributed by atoms with Crippen LogP contribution in [0.2, 0.25) is 0 Å². The van der Waals surface area contributed by atoms with Crippen molar-refractivity contribution in [2.45, 2.75) is 75.2 Å². The van der Waals surface area contributed by atoms with Crippen LogP contribution in [-0.4, -0.2) is 10.3 Å². The van der Waals surface area contributed by atoms with Gasteiger partial charge in [0.25, 0.3) is 0 Å². The average Bonchev–Trinajstić information content (AvgIpc) is 3.88. The number of fused-ring (bicyclic) bond motifs is 7. The van der Waals surface area contributed by atoms with Gasteiger partial charge in [0.05, 0.1) is 16.7 Å². The summed E-state index contributed by atoms with van der Waals surface area (Å²) in [6, 6.07) is 66.2. The molecule has 0 radical (unpaired) electrons. The van der Waals surface area contributed by atoms with Crippen LogP contribution in [0.4, 0.5) is 0 Å². The van der Waals surface area contributed by atoms with Gasteiger partial charge in [-0.15, -0.1) is 11.3 Å². The molecule has 2 aromatic heterocycles. The fourth-order valence-electron chi connectivity index (χ4n) is 7.95. The van der Waals surface area contributed by atoms with Gasteiger partial charge < -0.3 is 4.57 Å². The molecule has 0 fully saturated rings. The minimum absolute atomic E-state index is 0.760. The Kier molecular flexibility index (Phi) is 17.6. The van der Waals surface area contributed by atoms with Crippen molar-refractivity contribution in [1.82, 2.24) is 4.57 Å². The van der Waals surface area contributed by atoms with Crippen molar-refractivity contribution in [3.8, 4) is 16.8 Å². The summed E-state index contributed by atoms with van der Waals surface area (Å²) in [4.78, 5) is 4.84. The highest BCUT2D eigenvalue weighted by Gasteiger charge is 2.20. The number of hydrogen-bond donors (Lipinski definition) is 0. The summed E-state index contributed by atoms with van der Waals surface area (Å²) in [5, 5.41) is 5.23. The second kappa shape index (κ2) is 23.9. The van der Waals surface area contributed by atoms with Gasteiger partial charge >= 0.3 is 0 Å². The Morgan fingerprint density at radius 2 is 1.04 bits per heavy atom. The number of rotatable bonds is 6. The lowest BCUT2D eigenvalue weighted by Crippen LogP contribution is -1.96. The maximum Gasteiger partial charge on any atom is 0.0633 e. The molecule has 67 heavy (non-hydrogen) atoms. The third kappa shape index (κ3) is 12.0. The Morgan fingerprint density at radius 3 is 1.61 bits per heavy atom. The van der Waals surface area contributed by atoms with Crippen molar-refractivity contribution >= 4 is 70.3 Å². The molecule has 0 unspecified atom stereocenters. The number of hydrogen-bond acceptors (Lipinski definition) is 2. The van der Waals surface area contributed by atoms with Crippen LogP contribution in [0.3, 0.4) is 0 Å². The van der Waals surface area contributed by atoms with Crippen molar-refractivity contribution in [1.29, 1.82) is 0 Å². The standard InChI is InChI=1S/C42H32N2S.C9H10.C7H8.2C3H8/c1-26-12-8-9-15-33(26)36-25-37-39(24-27(36)2)44(38-23-22-35-34-16-10-11-17-40(34)45-42(35)41(37)38)32-20-18-31(19-21-32)29(4)43-28(3)30-13-6-5-7-14-30;1-8(2)9-6-4-3-5-7-9;1-7-5-3-2-4-6-7;2*1-3-2/h5-25H,4H2,1-3H3;3-7H,1H2,2H3;2-6H,1H3;2*3H2,1-2H3. The molecule has 0 atom stereocenters. The van der Waals surface area contributed by atoms with E-state index in [4.69, 9.17) is 4.99 Å². The average molecular weight is 895 g/mol. The highest BCUT2D eigenvalue weighted by molar-refractivity contribution is 7.26. The molecule has 0 saturated carbocycles. The van der Waals surface area contributed by atoms with E-state index in [1.165, 1.54) is 88.2 Å². The van der Waals surface area contributed by atoms with Crippen LogP contribution in [0.15, 0.2) is 206 Å². The van der Waals surface area contributed by atoms with Gasteiger partial charge in [-0.1, -0.05) is 216 Å². The van der Waals surface area contributed by atoms with Gasteiger partial charge in [-0.25, -0.2) is 0 Å². The van der Waals surface area contributed by atoms with E-state index in [-0.39, 0.29) is 0 Å². The van der Waals surface area contributed by atoms with E-state index >= 15 is 0 Å². The monoisotopic (exact) mass is 894 g/mol. The molecule has 0 amide bonds. The second-order valence-corrected chi connectivity index (χ2v) is 18.1. The topological polar surface area (TPSA) is 17.3 Å². The molecule has 0 N–H and O–H groups in total. The lowest BCUT2D eigenvalue weighted by Gasteiger charge is -2.12. The molecular formula is C64H66N2S. The van der Waals surface area contributed by atoms with E-state index in [1.54, 1.807) is 0 Å². The predicted octanol–water partition coefficient (Wildman–Crippen LogP) is 19.5. The molecule has 2 nitrogen and oxygen atoms in total. The minimum atomic E-state index is 0.760. The van der Waals surface area contributed by atoms with Crippen LogP contribution in [0.5, 0.6) is 0 Å². The summed E-state index contributed by atoms with van der Waals surface area (Å²) in [6.45, 7) is 27.2. The Hall–Kier alpha value is -7.07. The highest BCUT2D eigenvalue weighted by Crippen LogP contribution is 2.45. The smallest absolute Gasteiger partial charge is 0.0633 e. The number of thiophene rings is 1. The van der Waals surface area contributed by atoms with Gasteiger partial charge in [0.1, 0.15) is 0 Å². The maximum atomic E-state index is 4.84. The zero-order valence-electron chi connectivity index (χ0n) is 41.0. The molecular weight excluding hydrogens is 829 g/mol. The molecule has 0 spiro atoms. The number of allylic oxidation sites excluding steroid dienone is 1. The van der Waals surface area contributed by atoms with Gasteiger partial charge in [-0.2, -0.15) is 0 Å². The normalized spacial score (nSPS) is 10.8. The molecule has 0 saturated heterocycles. The van der Waals surface area contributed by atoms with Crippen molar-refractivity contribution in [2.75, 3.05) is 0 Å². The fourth-order valence-corrected chi connectivity index (χ4v) is 9.21. The first kappa shape index (κ1) is 49.4. The number of aryl methyl sites for hydroxylation is 3. The molecule has 3 heteroatoms.